The Morgan fingerprint density at radius 2 is 1.32 bits per heavy atom. The van der Waals surface area contributed by atoms with Crippen molar-refractivity contribution < 1.29 is 0 Å². The second-order valence-corrected chi connectivity index (χ2v) is 11.9. The van der Waals surface area contributed by atoms with Gasteiger partial charge in [0.05, 0.1) is 5.70 Å². The van der Waals surface area contributed by atoms with Crippen LogP contribution in [-0.4, -0.2) is 15.0 Å². The zero-order valence-electron chi connectivity index (χ0n) is 22.5. The highest BCUT2D eigenvalue weighted by Gasteiger charge is 2.31. The topological polar surface area (TPSA) is 30.7 Å². The Balaban J connectivity index is 2.17. The molecule has 0 N–H and O–H groups in total. The van der Waals surface area contributed by atoms with Crippen LogP contribution in [0, 0.1) is 10.8 Å². The van der Waals surface area contributed by atoms with Gasteiger partial charge < -0.3 is 0 Å². The molecule has 0 spiro atoms. The highest BCUT2D eigenvalue weighted by molar-refractivity contribution is 5.75. The molecule has 0 radical (unpaired) electrons. The summed E-state index contributed by atoms with van der Waals surface area (Å²) in [5, 5.41) is 9.40. The van der Waals surface area contributed by atoms with Crippen molar-refractivity contribution in [3.05, 3.63) is 89.5 Å². The molecule has 1 heterocycles. The van der Waals surface area contributed by atoms with Crippen LogP contribution in [0.2, 0.25) is 0 Å². The summed E-state index contributed by atoms with van der Waals surface area (Å²) in [6.07, 6.45) is 3.50. The molecule has 0 aliphatic heterocycles. The van der Waals surface area contributed by atoms with E-state index in [1.807, 2.05) is 24.3 Å². The Bertz CT molecular complexity index is 1200. The first-order valence-corrected chi connectivity index (χ1v) is 12.2. The molecule has 3 aromatic rings. The van der Waals surface area contributed by atoms with Crippen LogP contribution in [-0.2, 0) is 5.41 Å². The van der Waals surface area contributed by atoms with Crippen LogP contribution in [0.25, 0.3) is 16.7 Å². The molecule has 0 unspecified atom stereocenters. The molecule has 0 amide bonds. The number of rotatable bonds is 7. The fraction of sp³-hybridized carbons (Fsp3) is 0.419. The third-order valence-corrected chi connectivity index (χ3v) is 6.93. The van der Waals surface area contributed by atoms with Gasteiger partial charge in [-0.15, -0.1) is 10.2 Å². The van der Waals surface area contributed by atoms with E-state index in [0.29, 0.717) is 0 Å². The van der Waals surface area contributed by atoms with Crippen LogP contribution in [0.15, 0.2) is 84.0 Å². The lowest BCUT2D eigenvalue weighted by atomic mass is 9.69. The van der Waals surface area contributed by atoms with Crippen molar-refractivity contribution >= 4 is 16.7 Å². The maximum Gasteiger partial charge on any atom is 0.113 e. The third-order valence-electron chi connectivity index (χ3n) is 6.93. The lowest BCUT2D eigenvalue weighted by molar-refractivity contribution is 0.249. The molecule has 0 saturated carbocycles. The Morgan fingerprint density at radius 1 is 0.824 bits per heavy atom. The summed E-state index contributed by atoms with van der Waals surface area (Å²) >= 11 is 0. The molecule has 2 aromatic carbocycles. The first-order chi connectivity index (χ1) is 15.7. The van der Waals surface area contributed by atoms with E-state index in [1.54, 1.807) is 4.80 Å². The van der Waals surface area contributed by atoms with Gasteiger partial charge in [0.25, 0.3) is 0 Å². The number of aromatic nitrogens is 3. The third kappa shape index (κ3) is 5.58. The van der Waals surface area contributed by atoms with E-state index in [1.165, 1.54) is 16.7 Å². The minimum atomic E-state index is -0.222. The molecule has 1 aromatic heterocycles. The number of fused-ring (bicyclic) bond motifs is 1. The smallest absolute Gasteiger partial charge is 0.113 e. The van der Waals surface area contributed by atoms with Crippen molar-refractivity contribution in [3.63, 3.8) is 0 Å². The minimum absolute atomic E-state index is 0.0660. The molecule has 0 aliphatic carbocycles. The highest BCUT2D eigenvalue weighted by atomic mass is 15.5. The van der Waals surface area contributed by atoms with E-state index in [-0.39, 0.29) is 16.2 Å². The van der Waals surface area contributed by atoms with Gasteiger partial charge in [0.2, 0.25) is 0 Å². The largest absolute Gasteiger partial charge is 0.151 e. The summed E-state index contributed by atoms with van der Waals surface area (Å²) in [6, 6.07) is 18.7. The SMILES string of the molecule is C=C(/C(C)=C(\C=C(/C)C(C)(C)CC(C)(C)C)C(C)(C)c1ccccc1)n1nc2ccccc2n1. The maximum absolute atomic E-state index is 4.70. The van der Waals surface area contributed by atoms with Crippen molar-refractivity contribution in [1.29, 1.82) is 0 Å². The van der Waals surface area contributed by atoms with E-state index in [2.05, 4.69) is 105 Å². The minimum Gasteiger partial charge on any atom is -0.151 e. The summed E-state index contributed by atoms with van der Waals surface area (Å²) < 4.78 is 0. The monoisotopic (exact) mass is 455 g/mol. The van der Waals surface area contributed by atoms with Crippen molar-refractivity contribution in [2.24, 2.45) is 10.8 Å². The fourth-order valence-corrected chi connectivity index (χ4v) is 4.93. The van der Waals surface area contributed by atoms with Gasteiger partial charge in [0.15, 0.2) is 0 Å². The van der Waals surface area contributed by atoms with Crippen LogP contribution >= 0.6 is 0 Å². The van der Waals surface area contributed by atoms with E-state index < -0.39 is 0 Å². The lowest BCUT2D eigenvalue weighted by Gasteiger charge is -2.36. The molecule has 0 atom stereocenters. The van der Waals surface area contributed by atoms with Crippen LogP contribution in [0.1, 0.15) is 74.3 Å². The van der Waals surface area contributed by atoms with E-state index >= 15 is 0 Å². The molecule has 0 fully saturated rings. The quantitative estimate of drug-likeness (QED) is 0.334. The Hall–Kier alpha value is -2.94. The summed E-state index contributed by atoms with van der Waals surface area (Å²) in [4.78, 5) is 1.69. The number of benzene rings is 2. The van der Waals surface area contributed by atoms with Gasteiger partial charge in [-0.3, -0.25) is 0 Å². The van der Waals surface area contributed by atoms with Crippen LogP contribution in [0.4, 0.5) is 0 Å². The van der Waals surface area contributed by atoms with Gasteiger partial charge >= 0.3 is 0 Å². The molecular weight excluding hydrogens is 414 g/mol. The predicted octanol–water partition coefficient (Wildman–Crippen LogP) is 8.61. The van der Waals surface area contributed by atoms with Gasteiger partial charge in [-0.25, -0.2) is 0 Å². The first kappa shape index (κ1) is 25.7. The summed E-state index contributed by atoms with van der Waals surface area (Å²) in [6.45, 7) is 25.1. The Kier molecular flexibility index (Phi) is 7.07. The normalized spacial score (nSPS) is 14.3. The standard InChI is InChI=1S/C31H41N3/c1-22(30(7,8)21-29(4,5)6)20-26(31(9,10)25-16-12-11-13-17-25)23(2)24(3)34-32-27-18-14-15-19-28(27)33-34/h11-20H,3,21H2,1-2,4-10H3/b22-20+,26-23+. The van der Waals surface area contributed by atoms with Gasteiger partial charge in [-0.1, -0.05) is 109 Å². The second kappa shape index (κ2) is 9.37. The molecule has 0 aliphatic rings. The molecule has 34 heavy (non-hydrogen) atoms. The maximum atomic E-state index is 4.70. The van der Waals surface area contributed by atoms with Gasteiger partial charge in [-0.2, -0.15) is 4.80 Å². The molecular formula is C31H41N3. The summed E-state index contributed by atoms with van der Waals surface area (Å²) in [5.74, 6) is 0. The second-order valence-electron chi connectivity index (χ2n) is 11.9. The molecule has 3 nitrogen and oxygen atoms in total. The number of hydrogen-bond acceptors (Lipinski definition) is 2. The fourth-order valence-electron chi connectivity index (χ4n) is 4.93. The molecule has 180 valence electrons. The van der Waals surface area contributed by atoms with Crippen molar-refractivity contribution in [2.45, 2.75) is 74.1 Å². The van der Waals surface area contributed by atoms with Crippen LogP contribution in [0.5, 0.6) is 0 Å². The summed E-state index contributed by atoms with van der Waals surface area (Å²) in [7, 11) is 0. The predicted molar refractivity (Wildman–Crippen MR) is 147 cm³/mol. The molecule has 3 rings (SSSR count). The van der Waals surface area contributed by atoms with Crippen molar-refractivity contribution in [2.75, 3.05) is 0 Å². The van der Waals surface area contributed by atoms with Gasteiger partial charge in [-0.05, 0) is 59.9 Å². The van der Waals surface area contributed by atoms with Crippen molar-refractivity contribution in [3.8, 4) is 0 Å². The number of allylic oxidation sites excluding steroid dienone is 5. The Morgan fingerprint density at radius 3 is 1.82 bits per heavy atom. The zero-order valence-corrected chi connectivity index (χ0v) is 22.5. The molecule has 0 bridgehead atoms. The van der Waals surface area contributed by atoms with Crippen molar-refractivity contribution in [1.82, 2.24) is 15.0 Å². The molecule has 3 heteroatoms. The highest BCUT2D eigenvalue weighted by Crippen LogP contribution is 2.42. The zero-order chi connectivity index (χ0) is 25.3. The average molecular weight is 456 g/mol. The van der Waals surface area contributed by atoms with Gasteiger partial charge in [0.1, 0.15) is 11.0 Å². The Labute approximate surface area is 206 Å². The lowest BCUT2D eigenvalue weighted by Crippen LogP contribution is -2.25. The average Bonchev–Trinajstić information content (AvgIpc) is 3.19. The van der Waals surface area contributed by atoms with E-state index in [4.69, 9.17) is 10.2 Å². The van der Waals surface area contributed by atoms with Crippen LogP contribution < -0.4 is 0 Å². The number of hydrogen-bond donors (Lipinski definition) is 0. The van der Waals surface area contributed by atoms with Gasteiger partial charge in [0, 0.05) is 5.41 Å². The van der Waals surface area contributed by atoms with E-state index in [0.717, 1.165) is 28.7 Å². The van der Waals surface area contributed by atoms with Crippen LogP contribution in [0.3, 0.4) is 0 Å². The first-order valence-electron chi connectivity index (χ1n) is 12.2. The molecule has 0 saturated heterocycles. The summed E-state index contributed by atoms with van der Waals surface area (Å²) in [5.41, 5.74) is 7.61. The number of nitrogens with zero attached hydrogens (tertiary/aromatic N) is 3. The van der Waals surface area contributed by atoms with E-state index in [9.17, 15) is 0 Å².